The largest absolute Gasteiger partial charge is 0.419 e. The molecular formula is C26H13Cl3F9N3O3. The van der Waals surface area contributed by atoms with Crippen LogP contribution in [0.2, 0.25) is 5.02 Å². The second-order valence-electron chi connectivity index (χ2n) is 9.21. The minimum Gasteiger partial charge on any atom is -0.326 e. The average molecular weight is 693 g/mol. The van der Waals surface area contributed by atoms with Crippen LogP contribution in [-0.2, 0) is 15.8 Å². The molecule has 4 rings (SSSR count). The van der Waals surface area contributed by atoms with Gasteiger partial charge in [0, 0.05) is 11.6 Å². The number of hydrogen-bond acceptors (Lipinski definition) is 3. The van der Waals surface area contributed by atoms with Crippen LogP contribution in [0.3, 0.4) is 0 Å². The summed E-state index contributed by atoms with van der Waals surface area (Å²) < 4.78 is 119. The summed E-state index contributed by atoms with van der Waals surface area (Å²) in [6, 6.07) is 5.52. The number of nitrogens with one attached hydrogen (secondary N) is 3. The molecule has 234 valence electrons. The number of anilines is 3. The summed E-state index contributed by atoms with van der Waals surface area (Å²) in [6.07, 6.45) is -8.68. The van der Waals surface area contributed by atoms with Gasteiger partial charge in [0.05, 0.1) is 33.4 Å². The first-order valence-electron chi connectivity index (χ1n) is 11.8. The van der Waals surface area contributed by atoms with Crippen molar-refractivity contribution >= 4 is 69.6 Å². The molecule has 18 heteroatoms. The smallest absolute Gasteiger partial charge is 0.326 e. The Kier molecular flexibility index (Phi) is 9.06. The molecule has 0 saturated heterocycles. The van der Waals surface area contributed by atoms with Crippen molar-refractivity contribution in [2.24, 2.45) is 5.92 Å². The van der Waals surface area contributed by atoms with Crippen molar-refractivity contribution in [3.8, 4) is 0 Å². The minimum absolute atomic E-state index is 0.162. The van der Waals surface area contributed by atoms with E-state index in [1.807, 2.05) is 5.32 Å². The van der Waals surface area contributed by atoms with Gasteiger partial charge in [0.25, 0.3) is 11.8 Å². The Morgan fingerprint density at radius 1 is 0.818 bits per heavy atom. The molecule has 0 bridgehead atoms. The van der Waals surface area contributed by atoms with Crippen LogP contribution >= 0.6 is 34.8 Å². The highest BCUT2D eigenvalue weighted by atomic mass is 35.5. The molecule has 3 amide bonds. The Hall–Kier alpha value is -3.69. The molecular weight excluding hydrogens is 680 g/mol. The van der Waals surface area contributed by atoms with Crippen molar-refractivity contribution in [1.29, 1.82) is 0 Å². The molecule has 3 aromatic rings. The standard InChI is InChI=1S/C26H13Cl3F9N3O3/c27-12-3-2-9(39-23(43)17-16(25(17,28)29)8-1-4-13(30)11(5-8)26(36,37)38)6-10(12)22(42)40-14-7-15(41-24(44)21(34)35)19(32)20(33)18(14)31/h1-7,16-17,21H,(H,39,43)(H,40,42)(H,41,44)/t16-,17+/m0/s1. The highest BCUT2D eigenvalue weighted by Gasteiger charge is 2.67. The number of hydrogen-bond donors (Lipinski definition) is 3. The van der Waals surface area contributed by atoms with Gasteiger partial charge in [-0.2, -0.15) is 22.0 Å². The molecule has 0 aromatic heterocycles. The van der Waals surface area contributed by atoms with Gasteiger partial charge >= 0.3 is 12.6 Å². The van der Waals surface area contributed by atoms with Crippen LogP contribution in [0.15, 0.2) is 42.5 Å². The number of benzene rings is 3. The molecule has 3 N–H and O–H groups in total. The molecule has 44 heavy (non-hydrogen) atoms. The molecule has 0 aliphatic heterocycles. The monoisotopic (exact) mass is 691 g/mol. The van der Waals surface area contributed by atoms with E-state index in [0.29, 0.717) is 18.2 Å². The Labute approximate surface area is 255 Å². The maximum Gasteiger partial charge on any atom is 0.419 e. The molecule has 1 aliphatic rings. The van der Waals surface area contributed by atoms with E-state index >= 15 is 0 Å². The van der Waals surface area contributed by atoms with E-state index in [9.17, 15) is 53.9 Å². The Balaban J connectivity index is 1.55. The average Bonchev–Trinajstić information content (AvgIpc) is 3.52. The lowest BCUT2D eigenvalue weighted by molar-refractivity contribution is -0.140. The van der Waals surface area contributed by atoms with Gasteiger partial charge in [-0.3, -0.25) is 14.4 Å². The lowest BCUT2D eigenvalue weighted by Gasteiger charge is -2.13. The van der Waals surface area contributed by atoms with Gasteiger partial charge in [-0.1, -0.05) is 17.7 Å². The molecule has 3 aromatic carbocycles. The van der Waals surface area contributed by atoms with Gasteiger partial charge in [-0.15, -0.1) is 23.2 Å². The van der Waals surface area contributed by atoms with Gasteiger partial charge < -0.3 is 16.0 Å². The third kappa shape index (κ3) is 6.54. The molecule has 2 atom stereocenters. The summed E-state index contributed by atoms with van der Waals surface area (Å²) in [6.45, 7) is 0. The lowest BCUT2D eigenvalue weighted by atomic mass is 10.0. The Morgan fingerprint density at radius 2 is 1.43 bits per heavy atom. The molecule has 1 aliphatic carbocycles. The molecule has 0 heterocycles. The molecule has 0 radical (unpaired) electrons. The normalized spacial score (nSPS) is 17.3. The molecule has 1 saturated carbocycles. The Bertz CT molecular complexity index is 1690. The molecule has 0 spiro atoms. The van der Waals surface area contributed by atoms with Crippen molar-refractivity contribution < 1.29 is 53.9 Å². The maximum absolute atomic E-state index is 14.3. The van der Waals surface area contributed by atoms with E-state index in [2.05, 4.69) is 5.32 Å². The van der Waals surface area contributed by atoms with E-state index in [0.717, 1.165) is 18.2 Å². The SMILES string of the molecule is O=C(Nc1cc(NC(=O)C(F)F)c(F)c(F)c1F)c1cc(NC(=O)[C@H]2[C@H](c3ccc(F)c(C(F)(F)F)c3)C2(Cl)Cl)ccc1Cl. The number of carbonyl (C=O) groups excluding carboxylic acids is 3. The number of alkyl halides is 7. The van der Waals surface area contributed by atoms with E-state index in [-0.39, 0.29) is 16.3 Å². The Morgan fingerprint density at radius 3 is 2.02 bits per heavy atom. The molecule has 0 unspecified atom stereocenters. The van der Waals surface area contributed by atoms with Crippen molar-refractivity contribution in [3.63, 3.8) is 0 Å². The number of halogens is 12. The second-order valence-corrected chi connectivity index (χ2v) is 11.1. The topological polar surface area (TPSA) is 87.3 Å². The van der Waals surface area contributed by atoms with Crippen LogP contribution in [0.4, 0.5) is 56.6 Å². The predicted octanol–water partition coefficient (Wildman–Crippen LogP) is 7.90. The summed E-state index contributed by atoms with van der Waals surface area (Å²) in [5, 5.41) is 5.18. The fourth-order valence-corrected chi connectivity index (χ4v) is 5.21. The minimum atomic E-state index is -5.04. The van der Waals surface area contributed by atoms with Gasteiger partial charge in [-0.05, 0) is 42.0 Å². The first kappa shape index (κ1) is 33.2. The summed E-state index contributed by atoms with van der Waals surface area (Å²) in [5.74, 6) is -14.5. The lowest BCUT2D eigenvalue weighted by Crippen LogP contribution is -2.22. The summed E-state index contributed by atoms with van der Waals surface area (Å²) in [4.78, 5) is 37.0. The first-order chi connectivity index (χ1) is 20.3. The number of carbonyl (C=O) groups is 3. The van der Waals surface area contributed by atoms with Crippen LogP contribution in [0, 0.1) is 29.2 Å². The summed E-state index contributed by atoms with van der Waals surface area (Å²) in [7, 11) is 0. The third-order valence-corrected chi connectivity index (χ3v) is 7.59. The zero-order valence-corrected chi connectivity index (χ0v) is 23.3. The van der Waals surface area contributed by atoms with Gasteiger partial charge in [-0.25, -0.2) is 17.6 Å². The fraction of sp³-hybridized carbons (Fsp3) is 0.192. The van der Waals surface area contributed by atoms with Crippen molar-refractivity contribution in [1.82, 2.24) is 0 Å². The van der Waals surface area contributed by atoms with Gasteiger partial charge in [0.1, 0.15) is 10.2 Å². The quantitative estimate of drug-likeness (QED) is 0.134. The zero-order chi connectivity index (χ0) is 32.9. The van der Waals surface area contributed by atoms with Crippen LogP contribution in [0.1, 0.15) is 27.4 Å². The van der Waals surface area contributed by atoms with E-state index < -0.39 is 92.3 Å². The van der Waals surface area contributed by atoms with E-state index in [1.165, 1.54) is 11.4 Å². The zero-order valence-electron chi connectivity index (χ0n) is 21.0. The molecule has 6 nitrogen and oxygen atoms in total. The fourth-order valence-electron chi connectivity index (χ4n) is 4.18. The highest BCUT2D eigenvalue weighted by molar-refractivity contribution is 6.53. The first-order valence-corrected chi connectivity index (χ1v) is 12.9. The van der Waals surface area contributed by atoms with Crippen LogP contribution < -0.4 is 16.0 Å². The summed E-state index contributed by atoms with van der Waals surface area (Å²) in [5.41, 5.74) is -4.74. The van der Waals surface area contributed by atoms with Gasteiger partial charge in [0.2, 0.25) is 5.91 Å². The number of rotatable bonds is 7. The van der Waals surface area contributed by atoms with Gasteiger partial charge in [0.15, 0.2) is 17.5 Å². The predicted molar refractivity (Wildman–Crippen MR) is 141 cm³/mol. The highest BCUT2D eigenvalue weighted by Crippen LogP contribution is 2.65. The maximum atomic E-state index is 14.3. The number of amides is 3. The van der Waals surface area contributed by atoms with Crippen LogP contribution in [0.5, 0.6) is 0 Å². The van der Waals surface area contributed by atoms with Crippen LogP contribution in [-0.4, -0.2) is 28.5 Å². The second kappa shape index (κ2) is 12.0. The summed E-state index contributed by atoms with van der Waals surface area (Å²) >= 11 is 18.3. The van der Waals surface area contributed by atoms with Crippen molar-refractivity contribution in [2.75, 3.05) is 16.0 Å². The van der Waals surface area contributed by atoms with E-state index in [4.69, 9.17) is 34.8 Å². The van der Waals surface area contributed by atoms with Crippen molar-refractivity contribution in [2.45, 2.75) is 22.9 Å². The van der Waals surface area contributed by atoms with Crippen molar-refractivity contribution in [3.05, 3.63) is 87.4 Å². The van der Waals surface area contributed by atoms with Crippen LogP contribution in [0.25, 0.3) is 0 Å². The van der Waals surface area contributed by atoms with E-state index in [1.54, 1.807) is 0 Å². The molecule has 1 fully saturated rings. The third-order valence-electron chi connectivity index (χ3n) is 6.32.